The highest BCUT2D eigenvalue weighted by Crippen LogP contribution is 2.22. The Morgan fingerprint density at radius 3 is 2.00 bits per heavy atom. The summed E-state index contributed by atoms with van der Waals surface area (Å²) in [4.78, 5) is 18.5. The second-order valence-electron chi connectivity index (χ2n) is 2.83. The lowest BCUT2D eigenvalue weighted by Gasteiger charge is -2.07. The Hall–Kier alpha value is -2.24. The van der Waals surface area contributed by atoms with E-state index in [-0.39, 0.29) is 6.47 Å². The minimum Gasteiger partial charge on any atom is -0.497 e. The number of rotatable bonds is 5. The largest absolute Gasteiger partial charge is 0.497 e. The first-order valence-corrected chi connectivity index (χ1v) is 4.68. The van der Waals surface area contributed by atoms with E-state index in [1.807, 2.05) is 12.1 Å². The molecule has 0 aliphatic rings. The Morgan fingerprint density at radius 1 is 1.18 bits per heavy atom. The molecule has 0 aliphatic heterocycles. The molecular weight excluding hydrogens is 226 g/mol. The SMILES string of the molecule is COc1cc(CNC=O)cc(OC)c1.O=CO. The standard InChI is InChI=1S/C10H13NO3.CH2O2/c1-13-9-3-8(6-11-7-12)4-10(5-9)14-2;2-1-3/h3-5,7H,6H2,1-2H3,(H,11,12);1H,(H,2,3). The minimum atomic E-state index is -0.250. The summed E-state index contributed by atoms with van der Waals surface area (Å²) in [5.74, 6) is 1.43. The van der Waals surface area contributed by atoms with Crippen molar-refractivity contribution in [1.29, 1.82) is 0 Å². The summed E-state index contributed by atoms with van der Waals surface area (Å²) in [6.07, 6.45) is 0.659. The molecule has 0 atom stereocenters. The fourth-order valence-electron chi connectivity index (χ4n) is 1.13. The number of nitrogens with one attached hydrogen (secondary N) is 1. The van der Waals surface area contributed by atoms with Gasteiger partial charge in [-0.1, -0.05) is 0 Å². The normalized spacial score (nSPS) is 8.35. The van der Waals surface area contributed by atoms with Gasteiger partial charge in [-0.3, -0.25) is 9.59 Å². The quantitative estimate of drug-likeness (QED) is 0.739. The summed E-state index contributed by atoms with van der Waals surface area (Å²) < 4.78 is 10.2. The first-order chi connectivity index (χ1) is 8.21. The fraction of sp³-hybridized carbons (Fsp3) is 0.273. The zero-order valence-electron chi connectivity index (χ0n) is 9.67. The topological polar surface area (TPSA) is 84.9 Å². The van der Waals surface area contributed by atoms with Gasteiger partial charge in [-0.2, -0.15) is 0 Å². The van der Waals surface area contributed by atoms with Gasteiger partial charge in [0, 0.05) is 12.6 Å². The molecule has 0 radical (unpaired) electrons. The number of benzene rings is 1. The van der Waals surface area contributed by atoms with E-state index >= 15 is 0 Å². The third kappa shape index (κ3) is 6.03. The van der Waals surface area contributed by atoms with Gasteiger partial charge in [0.25, 0.3) is 6.47 Å². The second kappa shape index (κ2) is 9.02. The molecule has 0 spiro atoms. The average Bonchev–Trinajstić information content (AvgIpc) is 2.36. The van der Waals surface area contributed by atoms with Gasteiger partial charge in [-0.15, -0.1) is 0 Å². The van der Waals surface area contributed by atoms with Gasteiger partial charge in [0.1, 0.15) is 11.5 Å². The molecule has 2 N–H and O–H groups in total. The van der Waals surface area contributed by atoms with Gasteiger partial charge in [-0.05, 0) is 17.7 Å². The smallest absolute Gasteiger partial charge is 0.290 e. The van der Waals surface area contributed by atoms with Crippen LogP contribution in [0.3, 0.4) is 0 Å². The van der Waals surface area contributed by atoms with Crippen LogP contribution in [0.2, 0.25) is 0 Å². The number of ether oxygens (including phenoxy) is 2. The van der Waals surface area contributed by atoms with Crippen LogP contribution in [0.4, 0.5) is 0 Å². The molecule has 17 heavy (non-hydrogen) atoms. The summed E-state index contributed by atoms with van der Waals surface area (Å²) in [5, 5.41) is 9.46. The molecule has 1 aromatic carbocycles. The van der Waals surface area contributed by atoms with Crippen LogP contribution in [0.25, 0.3) is 0 Å². The van der Waals surface area contributed by atoms with Crippen LogP contribution >= 0.6 is 0 Å². The highest BCUT2D eigenvalue weighted by atomic mass is 16.5. The number of carbonyl (C=O) groups excluding carboxylic acids is 1. The molecule has 0 saturated carbocycles. The molecule has 0 aromatic heterocycles. The highest BCUT2D eigenvalue weighted by molar-refractivity contribution is 5.47. The van der Waals surface area contributed by atoms with E-state index < -0.39 is 0 Å². The van der Waals surface area contributed by atoms with E-state index in [0.29, 0.717) is 24.5 Å². The van der Waals surface area contributed by atoms with E-state index in [9.17, 15) is 4.79 Å². The Balaban J connectivity index is 0.000000770. The molecule has 0 aliphatic carbocycles. The zero-order chi connectivity index (χ0) is 13.1. The first-order valence-electron chi connectivity index (χ1n) is 4.68. The molecule has 94 valence electrons. The van der Waals surface area contributed by atoms with Crippen molar-refractivity contribution < 1.29 is 24.2 Å². The average molecular weight is 241 g/mol. The molecule has 1 rings (SSSR count). The number of carbonyl (C=O) groups is 2. The predicted octanol–water partition coefficient (Wildman–Crippen LogP) is 0.651. The van der Waals surface area contributed by atoms with Crippen molar-refractivity contribution in [3.05, 3.63) is 23.8 Å². The lowest BCUT2D eigenvalue weighted by molar-refractivity contribution is -0.122. The molecule has 1 aromatic rings. The van der Waals surface area contributed by atoms with Gasteiger partial charge in [0.2, 0.25) is 6.41 Å². The van der Waals surface area contributed by atoms with Crippen LogP contribution in [-0.4, -0.2) is 32.2 Å². The molecule has 6 nitrogen and oxygen atoms in total. The van der Waals surface area contributed by atoms with Crippen LogP contribution in [0.15, 0.2) is 18.2 Å². The minimum absolute atomic E-state index is 0.250. The van der Waals surface area contributed by atoms with Gasteiger partial charge >= 0.3 is 0 Å². The van der Waals surface area contributed by atoms with Crippen molar-refractivity contribution in [2.24, 2.45) is 0 Å². The lowest BCUT2D eigenvalue weighted by atomic mass is 10.2. The molecule has 0 unspecified atom stereocenters. The van der Waals surface area contributed by atoms with E-state index in [1.165, 1.54) is 0 Å². The maximum Gasteiger partial charge on any atom is 0.290 e. The number of hydrogen-bond acceptors (Lipinski definition) is 4. The van der Waals surface area contributed by atoms with Crippen LogP contribution in [0.1, 0.15) is 5.56 Å². The maximum atomic E-state index is 10.1. The summed E-state index contributed by atoms with van der Waals surface area (Å²) >= 11 is 0. The summed E-state index contributed by atoms with van der Waals surface area (Å²) in [6.45, 7) is 0.219. The maximum absolute atomic E-state index is 10.1. The van der Waals surface area contributed by atoms with E-state index in [4.69, 9.17) is 19.4 Å². The van der Waals surface area contributed by atoms with Crippen LogP contribution in [0.5, 0.6) is 11.5 Å². The first kappa shape index (κ1) is 14.8. The Morgan fingerprint density at radius 2 is 1.65 bits per heavy atom. The van der Waals surface area contributed by atoms with E-state index in [1.54, 1.807) is 20.3 Å². The molecular formula is C11H15NO5. The Labute approximate surface area is 99.2 Å². The predicted molar refractivity (Wildman–Crippen MR) is 61.1 cm³/mol. The van der Waals surface area contributed by atoms with Gasteiger partial charge in [0.05, 0.1) is 14.2 Å². The van der Waals surface area contributed by atoms with Gasteiger partial charge in [-0.25, -0.2) is 0 Å². The molecule has 0 bridgehead atoms. The second-order valence-corrected chi connectivity index (χ2v) is 2.83. The molecule has 6 heteroatoms. The van der Waals surface area contributed by atoms with E-state index in [0.717, 1.165) is 5.56 Å². The summed E-state index contributed by atoms with van der Waals surface area (Å²) in [5.41, 5.74) is 0.938. The molecule has 0 fully saturated rings. The van der Waals surface area contributed by atoms with Crippen LogP contribution in [-0.2, 0) is 16.1 Å². The zero-order valence-corrected chi connectivity index (χ0v) is 9.67. The number of methoxy groups -OCH3 is 2. The highest BCUT2D eigenvalue weighted by Gasteiger charge is 2.00. The lowest BCUT2D eigenvalue weighted by Crippen LogP contribution is -2.09. The Bertz CT molecular complexity index is 331. The molecule has 0 saturated heterocycles. The van der Waals surface area contributed by atoms with Crippen molar-refractivity contribution in [3.8, 4) is 11.5 Å². The van der Waals surface area contributed by atoms with E-state index in [2.05, 4.69) is 5.32 Å². The summed E-state index contributed by atoms with van der Waals surface area (Å²) in [7, 11) is 3.18. The monoisotopic (exact) mass is 241 g/mol. The van der Waals surface area contributed by atoms with Crippen molar-refractivity contribution in [2.45, 2.75) is 6.54 Å². The van der Waals surface area contributed by atoms with Crippen molar-refractivity contribution in [3.63, 3.8) is 0 Å². The Kier molecular flexibility index (Phi) is 7.83. The van der Waals surface area contributed by atoms with Crippen LogP contribution in [0, 0.1) is 0 Å². The molecule has 0 heterocycles. The van der Waals surface area contributed by atoms with Gasteiger partial charge in [0.15, 0.2) is 0 Å². The third-order valence-corrected chi connectivity index (χ3v) is 1.80. The third-order valence-electron chi connectivity index (χ3n) is 1.80. The molecule has 1 amide bonds. The number of hydrogen-bond donors (Lipinski definition) is 2. The van der Waals surface area contributed by atoms with Crippen LogP contribution < -0.4 is 14.8 Å². The number of carboxylic acid groups (broad SMARTS) is 1. The fourth-order valence-corrected chi connectivity index (χ4v) is 1.13. The van der Waals surface area contributed by atoms with Crippen molar-refractivity contribution in [1.82, 2.24) is 5.32 Å². The van der Waals surface area contributed by atoms with Crippen molar-refractivity contribution >= 4 is 12.9 Å². The van der Waals surface area contributed by atoms with Crippen molar-refractivity contribution in [2.75, 3.05) is 14.2 Å². The summed E-state index contributed by atoms with van der Waals surface area (Å²) in [6, 6.07) is 5.47. The van der Waals surface area contributed by atoms with Gasteiger partial charge < -0.3 is 19.9 Å². The number of amides is 1.